The third kappa shape index (κ3) is 5.06. The Morgan fingerprint density at radius 3 is 2.08 bits per heavy atom. The maximum absolute atomic E-state index is 10.3. The number of β-amino-alcohol motifs (C(OH)–C–C–N with tert-alkyl or cyclic N) is 1. The highest BCUT2D eigenvalue weighted by Gasteiger charge is 2.19. The average molecular weight is 326 g/mol. The molecular weight excluding hydrogens is 300 g/mol. The van der Waals surface area contributed by atoms with Crippen LogP contribution in [0.5, 0.6) is 5.75 Å². The number of rotatable bonds is 7. The van der Waals surface area contributed by atoms with Crippen LogP contribution in [0.4, 0.5) is 0 Å². The van der Waals surface area contributed by atoms with Crippen molar-refractivity contribution < 1.29 is 9.84 Å². The first-order valence-corrected chi connectivity index (χ1v) is 8.67. The van der Waals surface area contributed by atoms with E-state index in [1.807, 2.05) is 60.7 Å². The number of aliphatic hydroxyl groups excluding tert-OH is 1. The molecule has 4 nitrogen and oxygen atoms in total. The molecule has 3 rings (SSSR count). The number of aliphatic hydroxyl groups is 1. The lowest BCUT2D eigenvalue weighted by Gasteiger charge is -2.35. The quantitative estimate of drug-likeness (QED) is 0.848. The van der Waals surface area contributed by atoms with E-state index in [0.717, 1.165) is 50.6 Å². The molecule has 1 heterocycles. The van der Waals surface area contributed by atoms with Gasteiger partial charge < -0.3 is 9.84 Å². The van der Waals surface area contributed by atoms with Crippen LogP contribution in [0.1, 0.15) is 11.7 Å². The van der Waals surface area contributed by atoms with Gasteiger partial charge >= 0.3 is 0 Å². The molecule has 1 atom stereocenters. The molecule has 4 heteroatoms. The molecule has 2 aromatic carbocycles. The number of nitrogens with zero attached hydrogens (tertiary/aromatic N) is 2. The van der Waals surface area contributed by atoms with E-state index in [2.05, 4.69) is 9.80 Å². The summed E-state index contributed by atoms with van der Waals surface area (Å²) in [6.07, 6.45) is -0.404. The molecule has 0 radical (unpaired) electrons. The topological polar surface area (TPSA) is 35.9 Å². The van der Waals surface area contributed by atoms with Gasteiger partial charge in [0.25, 0.3) is 0 Å². The van der Waals surface area contributed by atoms with Crippen molar-refractivity contribution in [1.29, 1.82) is 0 Å². The van der Waals surface area contributed by atoms with Gasteiger partial charge in [0, 0.05) is 39.3 Å². The van der Waals surface area contributed by atoms with Gasteiger partial charge in [-0.05, 0) is 17.7 Å². The number of para-hydroxylation sites is 1. The Hall–Kier alpha value is -1.88. The van der Waals surface area contributed by atoms with Crippen LogP contribution in [-0.4, -0.2) is 60.8 Å². The molecule has 2 aromatic rings. The van der Waals surface area contributed by atoms with Crippen LogP contribution in [0.3, 0.4) is 0 Å². The molecule has 0 aromatic heterocycles. The normalized spacial score (nSPS) is 17.5. The van der Waals surface area contributed by atoms with E-state index in [1.165, 1.54) is 0 Å². The summed E-state index contributed by atoms with van der Waals surface area (Å²) in [6.45, 7) is 6.42. The van der Waals surface area contributed by atoms with Gasteiger partial charge in [0.2, 0.25) is 0 Å². The van der Waals surface area contributed by atoms with Crippen molar-refractivity contribution in [3.63, 3.8) is 0 Å². The summed E-state index contributed by atoms with van der Waals surface area (Å²) in [5.74, 6) is 0.933. The molecule has 1 N–H and O–H groups in total. The Balaban J connectivity index is 1.35. The standard InChI is InChI=1S/C20H26N2O2/c23-20(18-7-3-1-4-8-18)17-22-13-11-21(12-14-22)15-16-24-19-9-5-2-6-10-19/h1-10,20,23H,11-17H2/t20-/m1/s1. The third-order valence-corrected chi connectivity index (χ3v) is 4.50. The van der Waals surface area contributed by atoms with E-state index in [9.17, 15) is 5.11 Å². The fourth-order valence-corrected chi connectivity index (χ4v) is 3.03. The first-order chi connectivity index (χ1) is 11.8. The summed E-state index contributed by atoms with van der Waals surface area (Å²) in [5, 5.41) is 10.3. The average Bonchev–Trinajstić information content (AvgIpc) is 2.65. The number of hydrogen-bond donors (Lipinski definition) is 1. The van der Waals surface area contributed by atoms with E-state index in [-0.39, 0.29) is 0 Å². The number of ether oxygens (including phenoxy) is 1. The highest BCUT2D eigenvalue weighted by atomic mass is 16.5. The van der Waals surface area contributed by atoms with Gasteiger partial charge in [0.05, 0.1) is 6.10 Å². The summed E-state index contributed by atoms with van der Waals surface area (Å²) in [4.78, 5) is 4.76. The van der Waals surface area contributed by atoms with Crippen molar-refractivity contribution in [1.82, 2.24) is 9.80 Å². The second kappa shape index (κ2) is 8.83. The Kier molecular flexibility index (Phi) is 6.24. The molecule has 0 aliphatic carbocycles. The van der Waals surface area contributed by atoms with Crippen LogP contribution in [0.15, 0.2) is 60.7 Å². The molecule has 0 bridgehead atoms. The van der Waals surface area contributed by atoms with Crippen molar-refractivity contribution in [2.24, 2.45) is 0 Å². The molecule has 24 heavy (non-hydrogen) atoms. The Labute approximate surface area is 144 Å². The monoisotopic (exact) mass is 326 g/mol. The lowest BCUT2D eigenvalue weighted by molar-refractivity contribution is 0.0676. The van der Waals surface area contributed by atoms with Crippen LogP contribution in [0.2, 0.25) is 0 Å². The van der Waals surface area contributed by atoms with E-state index in [0.29, 0.717) is 6.54 Å². The van der Waals surface area contributed by atoms with Crippen molar-refractivity contribution in [3.05, 3.63) is 66.2 Å². The number of benzene rings is 2. The minimum absolute atomic E-state index is 0.404. The first kappa shape index (κ1) is 17.0. The molecule has 1 aliphatic heterocycles. The van der Waals surface area contributed by atoms with Gasteiger partial charge in [-0.2, -0.15) is 0 Å². The fourth-order valence-electron chi connectivity index (χ4n) is 3.03. The third-order valence-electron chi connectivity index (χ3n) is 4.50. The highest BCUT2D eigenvalue weighted by Crippen LogP contribution is 2.15. The molecular formula is C20H26N2O2. The molecule has 0 amide bonds. The summed E-state index contributed by atoms with van der Waals surface area (Å²) >= 11 is 0. The number of piperazine rings is 1. The predicted molar refractivity (Wildman–Crippen MR) is 96.2 cm³/mol. The predicted octanol–water partition coefficient (Wildman–Crippen LogP) is 2.42. The zero-order chi connectivity index (χ0) is 16.6. The van der Waals surface area contributed by atoms with Crippen LogP contribution < -0.4 is 4.74 Å². The zero-order valence-electron chi connectivity index (χ0n) is 14.1. The Bertz CT molecular complexity index is 583. The molecule has 128 valence electrons. The summed E-state index contributed by atoms with van der Waals surface area (Å²) < 4.78 is 5.76. The highest BCUT2D eigenvalue weighted by molar-refractivity contribution is 5.20. The molecule has 1 aliphatic rings. The van der Waals surface area contributed by atoms with Crippen molar-refractivity contribution in [2.45, 2.75) is 6.10 Å². The molecule has 1 fully saturated rings. The summed E-state index contributed by atoms with van der Waals surface area (Å²) in [5.41, 5.74) is 0.996. The van der Waals surface area contributed by atoms with Gasteiger partial charge in [0.1, 0.15) is 12.4 Å². The van der Waals surface area contributed by atoms with Crippen molar-refractivity contribution in [3.8, 4) is 5.75 Å². The summed E-state index contributed by atoms with van der Waals surface area (Å²) in [7, 11) is 0. The van der Waals surface area contributed by atoms with Gasteiger partial charge in [-0.1, -0.05) is 48.5 Å². The Morgan fingerprint density at radius 2 is 1.42 bits per heavy atom. The minimum atomic E-state index is -0.404. The van der Waals surface area contributed by atoms with Crippen LogP contribution in [-0.2, 0) is 0 Å². The largest absolute Gasteiger partial charge is 0.492 e. The van der Waals surface area contributed by atoms with E-state index in [4.69, 9.17) is 4.74 Å². The number of hydrogen-bond acceptors (Lipinski definition) is 4. The van der Waals surface area contributed by atoms with Crippen LogP contribution in [0, 0.1) is 0 Å². The smallest absolute Gasteiger partial charge is 0.119 e. The van der Waals surface area contributed by atoms with Gasteiger partial charge in [-0.25, -0.2) is 0 Å². The molecule has 1 saturated heterocycles. The SMILES string of the molecule is O[C@H](CN1CCN(CCOc2ccccc2)CC1)c1ccccc1. The lowest BCUT2D eigenvalue weighted by Crippen LogP contribution is -2.48. The summed E-state index contributed by atoms with van der Waals surface area (Å²) in [6, 6.07) is 19.9. The lowest BCUT2D eigenvalue weighted by atomic mass is 10.1. The molecule has 0 spiro atoms. The van der Waals surface area contributed by atoms with Crippen molar-refractivity contribution >= 4 is 0 Å². The fraction of sp³-hybridized carbons (Fsp3) is 0.400. The van der Waals surface area contributed by atoms with E-state index in [1.54, 1.807) is 0 Å². The maximum atomic E-state index is 10.3. The molecule has 0 saturated carbocycles. The van der Waals surface area contributed by atoms with Crippen LogP contribution >= 0.6 is 0 Å². The minimum Gasteiger partial charge on any atom is -0.492 e. The van der Waals surface area contributed by atoms with Crippen molar-refractivity contribution in [2.75, 3.05) is 45.9 Å². The van der Waals surface area contributed by atoms with Crippen LogP contribution in [0.25, 0.3) is 0 Å². The first-order valence-electron chi connectivity index (χ1n) is 8.67. The second-order valence-corrected chi connectivity index (χ2v) is 6.23. The van der Waals surface area contributed by atoms with E-state index >= 15 is 0 Å². The maximum Gasteiger partial charge on any atom is 0.119 e. The van der Waals surface area contributed by atoms with E-state index < -0.39 is 6.10 Å². The zero-order valence-corrected chi connectivity index (χ0v) is 14.1. The molecule has 0 unspecified atom stereocenters. The Morgan fingerprint density at radius 1 is 0.833 bits per heavy atom. The second-order valence-electron chi connectivity index (χ2n) is 6.23. The van der Waals surface area contributed by atoms with Gasteiger partial charge in [-0.3, -0.25) is 9.80 Å². The van der Waals surface area contributed by atoms with Gasteiger partial charge in [0.15, 0.2) is 0 Å². The van der Waals surface area contributed by atoms with Gasteiger partial charge in [-0.15, -0.1) is 0 Å².